The first-order valence-electron chi connectivity index (χ1n) is 8.83. The first-order chi connectivity index (χ1) is 13.4. The Hall–Kier alpha value is -2.55. The van der Waals surface area contributed by atoms with E-state index in [2.05, 4.69) is 0 Å². The number of halogens is 1. The smallest absolute Gasteiger partial charge is 0.243 e. The van der Waals surface area contributed by atoms with Crippen LogP contribution in [0.1, 0.15) is 5.56 Å². The Morgan fingerprint density at radius 3 is 2.29 bits per heavy atom. The van der Waals surface area contributed by atoms with Gasteiger partial charge < -0.3 is 10.0 Å². The molecule has 1 N–H and O–H groups in total. The molecular weight excluding hydrogens is 383 g/mol. The maximum Gasteiger partial charge on any atom is 0.243 e. The summed E-state index contributed by atoms with van der Waals surface area (Å²) in [7, 11) is -3.65. The van der Waals surface area contributed by atoms with Gasteiger partial charge in [0.15, 0.2) is 5.78 Å². The largest absolute Gasteiger partial charge is 0.388 e. The Bertz CT molecular complexity index is 966. The monoisotopic (exact) mass is 404 g/mol. The van der Waals surface area contributed by atoms with Gasteiger partial charge in [-0.2, -0.15) is 4.31 Å². The van der Waals surface area contributed by atoms with E-state index in [4.69, 9.17) is 5.11 Å². The number of hydrogen-bond acceptors (Lipinski definition) is 5. The van der Waals surface area contributed by atoms with Gasteiger partial charge in [0.2, 0.25) is 10.0 Å². The summed E-state index contributed by atoms with van der Waals surface area (Å²) in [5.74, 6) is -0.744. The minimum absolute atomic E-state index is 0.164. The maximum absolute atomic E-state index is 13.9. The summed E-state index contributed by atoms with van der Waals surface area (Å²) >= 11 is 0. The molecule has 2 aromatic carbocycles. The Morgan fingerprint density at radius 2 is 1.68 bits per heavy atom. The van der Waals surface area contributed by atoms with Gasteiger partial charge in [0.25, 0.3) is 0 Å². The predicted octanol–water partition coefficient (Wildman–Crippen LogP) is 1.91. The van der Waals surface area contributed by atoms with Gasteiger partial charge in [0.1, 0.15) is 12.4 Å². The van der Waals surface area contributed by atoms with Crippen LogP contribution in [0.15, 0.2) is 59.5 Å². The number of anilines is 1. The highest BCUT2D eigenvalue weighted by molar-refractivity contribution is 7.89. The molecule has 0 aromatic heterocycles. The molecule has 0 unspecified atom stereocenters. The van der Waals surface area contributed by atoms with Crippen molar-refractivity contribution in [3.05, 3.63) is 66.0 Å². The minimum atomic E-state index is -3.65. The summed E-state index contributed by atoms with van der Waals surface area (Å²) in [5, 5.41) is 8.70. The van der Waals surface area contributed by atoms with Crippen LogP contribution in [-0.2, 0) is 14.8 Å². The van der Waals surface area contributed by atoms with Gasteiger partial charge in [-0.1, -0.05) is 30.3 Å². The van der Waals surface area contributed by atoms with Crippen LogP contribution in [0.25, 0.3) is 6.08 Å². The van der Waals surface area contributed by atoms with Gasteiger partial charge in [-0.15, -0.1) is 0 Å². The lowest BCUT2D eigenvalue weighted by molar-refractivity contribution is -0.117. The molecular formula is C20H21FN2O4S. The van der Waals surface area contributed by atoms with Crippen molar-refractivity contribution >= 4 is 27.6 Å². The van der Waals surface area contributed by atoms with Crippen molar-refractivity contribution in [2.24, 2.45) is 0 Å². The molecule has 0 radical (unpaired) electrons. The Kier molecular flexibility index (Phi) is 6.23. The minimum Gasteiger partial charge on any atom is -0.388 e. The Morgan fingerprint density at radius 1 is 1.04 bits per heavy atom. The van der Waals surface area contributed by atoms with Crippen LogP contribution >= 0.6 is 0 Å². The topological polar surface area (TPSA) is 77.9 Å². The molecule has 1 fully saturated rings. The average Bonchev–Trinajstić information content (AvgIpc) is 2.72. The number of carbonyl (C=O) groups excluding carboxylic acids is 1. The van der Waals surface area contributed by atoms with Crippen molar-refractivity contribution in [2.75, 3.05) is 37.7 Å². The van der Waals surface area contributed by atoms with Crippen LogP contribution in [0.2, 0.25) is 0 Å². The summed E-state index contributed by atoms with van der Waals surface area (Å²) in [6.45, 7) is 0.781. The molecule has 6 nitrogen and oxygen atoms in total. The molecule has 2 aromatic rings. The van der Waals surface area contributed by atoms with Crippen molar-refractivity contribution in [1.29, 1.82) is 0 Å². The van der Waals surface area contributed by atoms with Crippen LogP contribution in [0, 0.1) is 5.82 Å². The quantitative estimate of drug-likeness (QED) is 0.745. The zero-order valence-electron chi connectivity index (χ0n) is 15.2. The maximum atomic E-state index is 13.9. The van der Waals surface area contributed by atoms with Gasteiger partial charge in [-0.3, -0.25) is 4.79 Å². The molecule has 28 heavy (non-hydrogen) atoms. The van der Waals surface area contributed by atoms with E-state index in [0.29, 0.717) is 24.3 Å². The van der Waals surface area contributed by atoms with E-state index in [9.17, 15) is 17.6 Å². The molecule has 8 heteroatoms. The number of sulfonamides is 1. The highest BCUT2D eigenvalue weighted by Gasteiger charge is 2.29. The fourth-order valence-corrected chi connectivity index (χ4v) is 4.44. The second-order valence-electron chi connectivity index (χ2n) is 6.37. The summed E-state index contributed by atoms with van der Waals surface area (Å²) in [6, 6.07) is 12.6. The highest BCUT2D eigenvalue weighted by Crippen LogP contribution is 2.23. The van der Waals surface area contributed by atoms with Crippen molar-refractivity contribution in [3.63, 3.8) is 0 Å². The van der Waals surface area contributed by atoms with E-state index >= 15 is 0 Å². The standard InChI is InChI=1S/C20H21FN2O4S/c21-19-3-1-2-4-20(19)22-11-13-23(14-12-22)28(26,27)18-9-6-16(7-10-18)5-8-17(25)15-24/h1-10,24H,11-15H2/b8-5+. The number of aliphatic hydroxyl groups is 1. The molecule has 1 aliphatic rings. The van der Waals surface area contributed by atoms with Gasteiger partial charge in [0, 0.05) is 26.2 Å². The first-order valence-corrected chi connectivity index (χ1v) is 10.3. The van der Waals surface area contributed by atoms with E-state index in [0.717, 1.165) is 0 Å². The third-order valence-electron chi connectivity index (χ3n) is 4.57. The molecule has 0 spiro atoms. The molecule has 0 atom stereocenters. The number of piperazine rings is 1. The van der Waals surface area contributed by atoms with Gasteiger partial charge in [-0.25, -0.2) is 12.8 Å². The van der Waals surface area contributed by atoms with Crippen molar-refractivity contribution in [3.8, 4) is 0 Å². The zero-order chi connectivity index (χ0) is 20.1. The molecule has 1 saturated heterocycles. The number of nitrogens with zero attached hydrogens (tertiary/aromatic N) is 2. The normalized spacial score (nSPS) is 15.9. The number of rotatable bonds is 6. The van der Waals surface area contributed by atoms with E-state index in [-0.39, 0.29) is 23.8 Å². The second-order valence-corrected chi connectivity index (χ2v) is 8.31. The second kappa shape index (κ2) is 8.64. The summed E-state index contributed by atoms with van der Waals surface area (Å²) in [5.41, 5.74) is 1.14. The number of para-hydroxylation sites is 1. The third-order valence-corrected chi connectivity index (χ3v) is 6.48. The van der Waals surface area contributed by atoms with Crippen LogP contribution < -0.4 is 4.90 Å². The van der Waals surface area contributed by atoms with E-state index in [1.165, 1.54) is 34.7 Å². The molecule has 0 amide bonds. The average molecular weight is 404 g/mol. The lowest BCUT2D eigenvalue weighted by Gasteiger charge is -2.35. The van der Waals surface area contributed by atoms with E-state index in [1.54, 1.807) is 30.3 Å². The van der Waals surface area contributed by atoms with E-state index < -0.39 is 22.4 Å². The summed E-state index contributed by atoms with van der Waals surface area (Å²) < 4.78 is 41.0. The molecule has 0 bridgehead atoms. The SMILES string of the molecule is O=C(/C=C/c1ccc(S(=O)(=O)N2CCN(c3ccccc3F)CC2)cc1)CO. The molecule has 3 rings (SSSR count). The molecule has 0 saturated carbocycles. The number of benzene rings is 2. The number of hydrogen-bond donors (Lipinski definition) is 1. The molecule has 148 valence electrons. The Balaban J connectivity index is 1.68. The van der Waals surface area contributed by atoms with Gasteiger partial charge in [-0.05, 0) is 35.9 Å². The fraction of sp³-hybridized carbons (Fsp3) is 0.250. The lowest BCUT2D eigenvalue weighted by Crippen LogP contribution is -2.48. The fourth-order valence-electron chi connectivity index (χ4n) is 3.02. The van der Waals surface area contributed by atoms with Gasteiger partial charge in [0.05, 0.1) is 10.6 Å². The van der Waals surface area contributed by atoms with Crippen molar-refractivity contribution in [2.45, 2.75) is 4.90 Å². The molecule has 1 aliphatic heterocycles. The van der Waals surface area contributed by atoms with Crippen LogP contribution in [0.4, 0.5) is 10.1 Å². The first kappa shape index (κ1) is 20.2. The predicted molar refractivity (Wildman–Crippen MR) is 105 cm³/mol. The Labute approximate surface area is 163 Å². The van der Waals surface area contributed by atoms with Crippen LogP contribution in [0.5, 0.6) is 0 Å². The summed E-state index contributed by atoms with van der Waals surface area (Å²) in [6.07, 6.45) is 2.76. The highest BCUT2D eigenvalue weighted by atomic mass is 32.2. The lowest BCUT2D eigenvalue weighted by atomic mass is 10.2. The van der Waals surface area contributed by atoms with Crippen molar-refractivity contribution < 1.29 is 22.7 Å². The number of ketones is 1. The summed E-state index contributed by atoms with van der Waals surface area (Å²) in [4.78, 5) is 13.1. The van der Waals surface area contributed by atoms with Crippen LogP contribution in [0.3, 0.4) is 0 Å². The van der Waals surface area contributed by atoms with Gasteiger partial charge >= 0.3 is 0 Å². The van der Waals surface area contributed by atoms with Crippen molar-refractivity contribution in [1.82, 2.24) is 4.31 Å². The number of aliphatic hydroxyl groups excluding tert-OH is 1. The third kappa shape index (κ3) is 4.46. The van der Waals surface area contributed by atoms with E-state index in [1.807, 2.05) is 4.90 Å². The van der Waals surface area contributed by atoms with Crippen LogP contribution in [-0.4, -0.2) is 56.4 Å². The molecule has 0 aliphatic carbocycles. The number of carbonyl (C=O) groups is 1. The zero-order valence-corrected chi connectivity index (χ0v) is 16.0. The molecule has 1 heterocycles.